The van der Waals surface area contributed by atoms with Crippen LogP contribution >= 0.6 is 0 Å². The number of aliphatic hydroxyl groups is 1. The van der Waals surface area contributed by atoms with Crippen molar-refractivity contribution in [3.05, 3.63) is 0 Å². The summed E-state index contributed by atoms with van der Waals surface area (Å²) in [4.78, 5) is 11.9. The number of amides is 1. The number of hydrazine groups is 1. The Kier molecular flexibility index (Phi) is 7.56. The molecule has 0 bridgehead atoms. The standard InChI is InChI=1S/C19H42N2O4Si2/c1-18(2,3)26(8,9)24-13-15(22)17(14-12-16(23)20-21(14)7)25-27(10,11)19(4,5)6/h14-15,17,22H,12-13H2,1-11H3,(H,20,23)/t14-,15+,17-/m0/s1. The monoisotopic (exact) mass is 418 g/mol. The highest BCUT2D eigenvalue weighted by Crippen LogP contribution is 2.39. The second-order valence-corrected chi connectivity index (χ2v) is 20.5. The van der Waals surface area contributed by atoms with E-state index in [2.05, 4.69) is 73.2 Å². The van der Waals surface area contributed by atoms with E-state index in [1.54, 1.807) is 5.01 Å². The summed E-state index contributed by atoms with van der Waals surface area (Å²) in [6, 6.07) is -0.204. The lowest BCUT2D eigenvalue weighted by atomic mass is 10.0. The summed E-state index contributed by atoms with van der Waals surface area (Å²) in [5.41, 5.74) is 2.81. The van der Waals surface area contributed by atoms with E-state index < -0.39 is 28.8 Å². The molecule has 1 rings (SSSR count). The Hall–Kier alpha value is -0.256. The molecule has 1 amide bonds. The van der Waals surface area contributed by atoms with Gasteiger partial charge in [0.15, 0.2) is 16.6 Å². The first-order valence-electron chi connectivity index (χ1n) is 9.91. The molecule has 1 saturated heterocycles. The fraction of sp³-hybridized carbons (Fsp3) is 0.947. The normalized spacial score (nSPS) is 22.7. The Morgan fingerprint density at radius 1 is 1.11 bits per heavy atom. The van der Waals surface area contributed by atoms with E-state index in [4.69, 9.17) is 8.85 Å². The van der Waals surface area contributed by atoms with Gasteiger partial charge >= 0.3 is 0 Å². The molecule has 1 aliphatic heterocycles. The molecule has 0 unspecified atom stereocenters. The van der Waals surface area contributed by atoms with Crippen LogP contribution in [-0.2, 0) is 13.6 Å². The van der Waals surface area contributed by atoms with E-state index in [1.807, 2.05) is 7.05 Å². The second kappa shape index (κ2) is 8.24. The van der Waals surface area contributed by atoms with E-state index in [9.17, 15) is 9.90 Å². The van der Waals surface area contributed by atoms with Crippen molar-refractivity contribution in [2.45, 2.75) is 102 Å². The van der Waals surface area contributed by atoms with Crippen molar-refractivity contribution in [2.75, 3.05) is 13.7 Å². The summed E-state index contributed by atoms with van der Waals surface area (Å²) in [5.74, 6) is -0.0381. The number of nitrogens with zero attached hydrogens (tertiary/aromatic N) is 1. The van der Waals surface area contributed by atoms with E-state index in [1.165, 1.54) is 0 Å². The molecular formula is C19H42N2O4Si2. The van der Waals surface area contributed by atoms with Crippen LogP contribution in [0.3, 0.4) is 0 Å². The fourth-order valence-electron chi connectivity index (χ4n) is 2.52. The summed E-state index contributed by atoms with van der Waals surface area (Å²) in [5, 5.41) is 12.9. The van der Waals surface area contributed by atoms with Crippen LogP contribution in [0.1, 0.15) is 48.0 Å². The number of hydrogen-bond donors (Lipinski definition) is 2. The van der Waals surface area contributed by atoms with Crippen LogP contribution < -0.4 is 5.43 Å². The lowest BCUT2D eigenvalue weighted by Gasteiger charge is -2.44. The van der Waals surface area contributed by atoms with Crippen molar-refractivity contribution >= 4 is 22.5 Å². The first-order chi connectivity index (χ1) is 11.9. The van der Waals surface area contributed by atoms with Crippen molar-refractivity contribution in [2.24, 2.45) is 0 Å². The quantitative estimate of drug-likeness (QED) is 0.619. The number of likely N-dealkylation sites (N-methyl/N-ethyl adjacent to an activating group) is 1. The summed E-state index contributed by atoms with van der Waals surface area (Å²) in [7, 11) is -2.28. The number of hydrogen-bond acceptors (Lipinski definition) is 5. The SMILES string of the molecule is CN1NC(=O)C[C@H]1[C@H](O[Si](C)(C)C(C)(C)C)[C@H](O)CO[Si](C)(C)C(C)(C)C. The number of carbonyl (C=O) groups is 1. The van der Waals surface area contributed by atoms with Gasteiger partial charge in [0.05, 0.1) is 18.8 Å². The number of nitrogens with one attached hydrogen (secondary N) is 1. The zero-order chi connectivity index (χ0) is 21.4. The minimum atomic E-state index is -2.13. The van der Waals surface area contributed by atoms with Crippen molar-refractivity contribution in [3.63, 3.8) is 0 Å². The summed E-state index contributed by atoms with van der Waals surface area (Å²) >= 11 is 0. The van der Waals surface area contributed by atoms with Gasteiger partial charge in [-0.05, 0) is 36.3 Å². The van der Waals surface area contributed by atoms with Gasteiger partial charge in [-0.2, -0.15) is 0 Å². The van der Waals surface area contributed by atoms with Crippen LogP contribution in [0.25, 0.3) is 0 Å². The molecule has 0 aromatic carbocycles. The van der Waals surface area contributed by atoms with Crippen LogP contribution in [0.2, 0.25) is 36.3 Å². The van der Waals surface area contributed by atoms with Gasteiger partial charge in [-0.1, -0.05) is 41.5 Å². The fourth-order valence-corrected chi connectivity index (χ4v) is 4.89. The first-order valence-corrected chi connectivity index (χ1v) is 15.7. The molecule has 1 aliphatic rings. The van der Waals surface area contributed by atoms with Crippen LogP contribution in [0.5, 0.6) is 0 Å². The maximum atomic E-state index is 11.9. The van der Waals surface area contributed by atoms with Crippen molar-refractivity contribution in [1.82, 2.24) is 10.4 Å². The minimum Gasteiger partial charge on any atom is -0.414 e. The molecule has 0 aliphatic carbocycles. The van der Waals surface area contributed by atoms with Crippen molar-refractivity contribution < 1.29 is 18.8 Å². The average molecular weight is 419 g/mol. The largest absolute Gasteiger partial charge is 0.414 e. The van der Waals surface area contributed by atoms with Gasteiger partial charge in [-0.15, -0.1) is 0 Å². The third-order valence-electron chi connectivity index (χ3n) is 6.61. The predicted octanol–water partition coefficient (Wildman–Crippen LogP) is 3.49. The van der Waals surface area contributed by atoms with E-state index in [0.717, 1.165) is 0 Å². The Labute approximate surface area is 168 Å². The van der Waals surface area contributed by atoms with Gasteiger partial charge in [0.2, 0.25) is 5.91 Å². The molecule has 3 atom stereocenters. The topological polar surface area (TPSA) is 71.0 Å². The smallest absolute Gasteiger partial charge is 0.236 e. The highest BCUT2D eigenvalue weighted by atomic mass is 28.4. The number of rotatable bonds is 7. The van der Waals surface area contributed by atoms with Gasteiger partial charge < -0.3 is 14.0 Å². The van der Waals surface area contributed by atoms with Gasteiger partial charge in [0.25, 0.3) is 0 Å². The lowest BCUT2D eigenvalue weighted by Crippen LogP contribution is -2.56. The van der Waals surface area contributed by atoms with Crippen LogP contribution in [-0.4, -0.2) is 64.6 Å². The molecule has 6 nitrogen and oxygen atoms in total. The molecular weight excluding hydrogens is 376 g/mol. The molecule has 0 aromatic rings. The van der Waals surface area contributed by atoms with Gasteiger partial charge in [-0.25, -0.2) is 5.01 Å². The van der Waals surface area contributed by atoms with Gasteiger partial charge in [0, 0.05) is 13.5 Å². The zero-order valence-corrected chi connectivity index (χ0v) is 21.3. The number of carbonyl (C=O) groups excluding carboxylic acids is 1. The Bertz CT molecular complexity index is 527. The highest BCUT2D eigenvalue weighted by molar-refractivity contribution is 6.74. The van der Waals surface area contributed by atoms with Crippen LogP contribution in [0.4, 0.5) is 0 Å². The highest BCUT2D eigenvalue weighted by Gasteiger charge is 2.46. The Morgan fingerprint density at radius 2 is 1.59 bits per heavy atom. The van der Waals surface area contributed by atoms with Crippen LogP contribution in [0.15, 0.2) is 0 Å². The second-order valence-electron chi connectivity index (χ2n) is 10.9. The third kappa shape index (κ3) is 6.11. The predicted molar refractivity (Wildman–Crippen MR) is 116 cm³/mol. The summed E-state index contributed by atoms with van der Waals surface area (Å²) in [6.07, 6.45) is -0.930. The molecule has 8 heteroatoms. The van der Waals surface area contributed by atoms with Crippen LogP contribution in [0, 0.1) is 0 Å². The average Bonchev–Trinajstić information content (AvgIpc) is 2.78. The maximum Gasteiger partial charge on any atom is 0.236 e. The van der Waals surface area contributed by atoms with E-state index in [0.29, 0.717) is 6.42 Å². The molecule has 0 aromatic heterocycles. The first kappa shape index (κ1) is 24.8. The summed E-state index contributed by atoms with van der Waals surface area (Å²) in [6.45, 7) is 22.0. The summed E-state index contributed by atoms with van der Waals surface area (Å²) < 4.78 is 12.9. The molecule has 0 saturated carbocycles. The molecule has 0 radical (unpaired) electrons. The van der Waals surface area contributed by atoms with E-state index in [-0.39, 0.29) is 28.6 Å². The van der Waals surface area contributed by atoms with Crippen molar-refractivity contribution in [3.8, 4) is 0 Å². The molecule has 0 spiro atoms. The molecule has 1 heterocycles. The maximum absolute atomic E-state index is 11.9. The molecule has 2 N–H and O–H groups in total. The minimum absolute atomic E-state index is 0.0138. The molecule has 27 heavy (non-hydrogen) atoms. The third-order valence-corrected chi connectivity index (χ3v) is 15.6. The molecule has 160 valence electrons. The Morgan fingerprint density at radius 3 is 1.96 bits per heavy atom. The lowest BCUT2D eigenvalue weighted by molar-refractivity contribution is -0.120. The Balaban J connectivity index is 3.02. The zero-order valence-electron chi connectivity index (χ0n) is 19.3. The van der Waals surface area contributed by atoms with Gasteiger partial charge in [0.1, 0.15) is 6.10 Å². The van der Waals surface area contributed by atoms with Crippen molar-refractivity contribution in [1.29, 1.82) is 0 Å². The van der Waals surface area contributed by atoms with Gasteiger partial charge in [-0.3, -0.25) is 10.2 Å². The number of aliphatic hydroxyl groups excluding tert-OH is 1. The molecule has 1 fully saturated rings. The van der Waals surface area contributed by atoms with E-state index >= 15 is 0 Å².